The van der Waals surface area contributed by atoms with E-state index in [1.807, 2.05) is 11.4 Å². The number of hydrogen-bond donors (Lipinski definition) is 1. The zero-order valence-electron chi connectivity index (χ0n) is 9.68. The fourth-order valence-electron chi connectivity index (χ4n) is 2.29. The van der Waals surface area contributed by atoms with E-state index < -0.39 is 5.97 Å². The standard InChI is InChI=1S/C12H15NO3S/c1-13(7-11(14)15)12(16)9-3-2-4-10-8(9)5-6-17-10/h5-6,9H,2-4,7H2,1H3,(H,14,15). The first kappa shape index (κ1) is 12.1. The van der Waals surface area contributed by atoms with Crippen LogP contribution in [0.15, 0.2) is 11.4 Å². The number of aliphatic carboxylic acids is 1. The van der Waals surface area contributed by atoms with Crippen LogP contribution in [0.4, 0.5) is 0 Å². The van der Waals surface area contributed by atoms with E-state index >= 15 is 0 Å². The molecule has 0 saturated carbocycles. The highest BCUT2D eigenvalue weighted by atomic mass is 32.1. The molecule has 1 aromatic rings. The minimum atomic E-state index is -0.970. The number of nitrogens with zero attached hydrogens (tertiary/aromatic N) is 1. The highest BCUT2D eigenvalue weighted by molar-refractivity contribution is 7.10. The smallest absolute Gasteiger partial charge is 0.323 e. The lowest BCUT2D eigenvalue weighted by molar-refractivity contribution is -0.144. The van der Waals surface area contributed by atoms with Crippen LogP contribution >= 0.6 is 11.3 Å². The van der Waals surface area contributed by atoms with Crippen LogP contribution in [0.2, 0.25) is 0 Å². The molecule has 1 amide bonds. The van der Waals surface area contributed by atoms with Crippen LogP contribution < -0.4 is 0 Å². The number of carbonyl (C=O) groups is 2. The Morgan fingerprint density at radius 1 is 1.59 bits per heavy atom. The summed E-state index contributed by atoms with van der Waals surface area (Å²) in [7, 11) is 1.55. The van der Waals surface area contributed by atoms with Crippen LogP contribution in [0.1, 0.15) is 29.2 Å². The van der Waals surface area contributed by atoms with Gasteiger partial charge in [0.2, 0.25) is 5.91 Å². The highest BCUT2D eigenvalue weighted by Crippen LogP contribution is 2.35. The quantitative estimate of drug-likeness (QED) is 0.892. The van der Waals surface area contributed by atoms with E-state index in [9.17, 15) is 9.59 Å². The second-order valence-corrected chi connectivity index (χ2v) is 5.33. The molecule has 17 heavy (non-hydrogen) atoms. The number of rotatable bonds is 3. The zero-order chi connectivity index (χ0) is 12.4. The molecule has 1 aromatic heterocycles. The van der Waals surface area contributed by atoms with Crippen molar-refractivity contribution in [3.05, 3.63) is 21.9 Å². The van der Waals surface area contributed by atoms with Crippen molar-refractivity contribution in [3.63, 3.8) is 0 Å². The van der Waals surface area contributed by atoms with Crippen LogP contribution in [-0.4, -0.2) is 35.5 Å². The van der Waals surface area contributed by atoms with Gasteiger partial charge < -0.3 is 10.0 Å². The average molecular weight is 253 g/mol. The number of likely N-dealkylation sites (N-methyl/N-ethyl adjacent to an activating group) is 1. The minimum absolute atomic E-state index is 0.0771. The number of hydrogen-bond acceptors (Lipinski definition) is 3. The molecule has 1 unspecified atom stereocenters. The molecular formula is C12H15NO3S. The number of carboxylic acid groups (broad SMARTS) is 1. The Morgan fingerprint density at radius 2 is 2.35 bits per heavy atom. The van der Waals surface area contributed by atoms with Crippen molar-refractivity contribution >= 4 is 23.2 Å². The minimum Gasteiger partial charge on any atom is -0.480 e. The maximum atomic E-state index is 12.2. The fraction of sp³-hybridized carbons (Fsp3) is 0.500. The van der Waals surface area contributed by atoms with Crippen molar-refractivity contribution < 1.29 is 14.7 Å². The first-order valence-corrected chi connectivity index (χ1v) is 6.50. The van der Waals surface area contributed by atoms with E-state index in [4.69, 9.17) is 5.11 Å². The predicted octanol–water partition coefficient (Wildman–Crippen LogP) is 1.71. The maximum absolute atomic E-state index is 12.2. The molecule has 1 N–H and O–H groups in total. The van der Waals surface area contributed by atoms with Gasteiger partial charge in [-0.3, -0.25) is 9.59 Å². The molecule has 0 aliphatic heterocycles. The largest absolute Gasteiger partial charge is 0.480 e. The van der Waals surface area contributed by atoms with Crippen LogP contribution in [-0.2, 0) is 16.0 Å². The third-order valence-corrected chi connectivity index (χ3v) is 4.10. The van der Waals surface area contributed by atoms with E-state index in [1.165, 1.54) is 9.78 Å². The van der Waals surface area contributed by atoms with Gasteiger partial charge in [-0.2, -0.15) is 0 Å². The van der Waals surface area contributed by atoms with Crippen molar-refractivity contribution in [1.29, 1.82) is 0 Å². The first-order chi connectivity index (χ1) is 8.09. The van der Waals surface area contributed by atoms with E-state index in [0.717, 1.165) is 24.8 Å². The van der Waals surface area contributed by atoms with Crippen molar-refractivity contribution in [2.75, 3.05) is 13.6 Å². The normalized spacial score (nSPS) is 18.5. The van der Waals surface area contributed by atoms with Gasteiger partial charge in [-0.05, 0) is 36.3 Å². The van der Waals surface area contributed by atoms with Crippen LogP contribution in [0, 0.1) is 0 Å². The van der Waals surface area contributed by atoms with Gasteiger partial charge >= 0.3 is 5.97 Å². The molecule has 0 fully saturated rings. The molecule has 1 atom stereocenters. The monoisotopic (exact) mass is 253 g/mol. The lowest BCUT2D eigenvalue weighted by Gasteiger charge is -2.25. The van der Waals surface area contributed by atoms with Gasteiger partial charge in [-0.1, -0.05) is 0 Å². The molecule has 92 valence electrons. The number of amides is 1. The topological polar surface area (TPSA) is 57.6 Å². The zero-order valence-corrected chi connectivity index (χ0v) is 10.5. The summed E-state index contributed by atoms with van der Waals surface area (Å²) in [6, 6.07) is 2.00. The second-order valence-electron chi connectivity index (χ2n) is 4.33. The van der Waals surface area contributed by atoms with Gasteiger partial charge in [0.15, 0.2) is 0 Å². The van der Waals surface area contributed by atoms with Gasteiger partial charge in [-0.25, -0.2) is 0 Å². The number of aryl methyl sites for hydroxylation is 1. The first-order valence-electron chi connectivity index (χ1n) is 5.62. The highest BCUT2D eigenvalue weighted by Gasteiger charge is 2.29. The van der Waals surface area contributed by atoms with Crippen LogP contribution in [0.25, 0.3) is 0 Å². The third kappa shape index (κ3) is 2.49. The predicted molar refractivity (Wildman–Crippen MR) is 65.3 cm³/mol. The molecule has 4 nitrogen and oxygen atoms in total. The summed E-state index contributed by atoms with van der Waals surface area (Å²) in [6.07, 6.45) is 2.87. The van der Waals surface area contributed by atoms with Gasteiger partial charge in [0.05, 0.1) is 5.92 Å². The molecule has 0 saturated heterocycles. The summed E-state index contributed by atoms with van der Waals surface area (Å²) < 4.78 is 0. The van der Waals surface area contributed by atoms with Crippen LogP contribution in [0.3, 0.4) is 0 Å². The Balaban J connectivity index is 2.14. The molecule has 0 bridgehead atoms. The molecular weight excluding hydrogens is 238 g/mol. The Kier molecular flexibility index (Phi) is 3.47. The van der Waals surface area contributed by atoms with E-state index in [0.29, 0.717) is 0 Å². The summed E-state index contributed by atoms with van der Waals surface area (Å²) >= 11 is 1.69. The van der Waals surface area contributed by atoms with Crippen molar-refractivity contribution in [1.82, 2.24) is 4.90 Å². The van der Waals surface area contributed by atoms with E-state index in [1.54, 1.807) is 18.4 Å². The summed E-state index contributed by atoms with van der Waals surface area (Å²) in [4.78, 5) is 25.3. The molecule has 1 heterocycles. The fourth-order valence-corrected chi connectivity index (χ4v) is 3.28. The molecule has 0 radical (unpaired) electrons. The van der Waals surface area contributed by atoms with Crippen molar-refractivity contribution in [3.8, 4) is 0 Å². The Morgan fingerprint density at radius 3 is 3.06 bits per heavy atom. The number of carbonyl (C=O) groups excluding carboxylic acids is 1. The Bertz CT molecular complexity index is 441. The molecule has 5 heteroatoms. The van der Waals surface area contributed by atoms with Gasteiger partial charge in [0.25, 0.3) is 0 Å². The Labute approximate surface area is 104 Å². The Hall–Kier alpha value is -1.36. The molecule has 2 rings (SSSR count). The van der Waals surface area contributed by atoms with Crippen molar-refractivity contribution in [2.24, 2.45) is 0 Å². The summed E-state index contributed by atoms with van der Waals surface area (Å²) in [5.74, 6) is -1.19. The SMILES string of the molecule is CN(CC(=O)O)C(=O)C1CCCc2sccc21. The van der Waals surface area contributed by atoms with E-state index in [2.05, 4.69) is 0 Å². The maximum Gasteiger partial charge on any atom is 0.323 e. The lowest BCUT2D eigenvalue weighted by Crippen LogP contribution is -2.36. The molecule has 0 spiro atoms. The van der Waals surface area contributed by atoms with E-state index in [-0.39, 0.29) is 18.4 Å². The summed E-state index contributed by atoms with van der Waals surface area (Å²) in [5.41, 5.74) is 1.10. The molecule has 1 aliphatic rings. The van der Waals surface area contributed by atoms with Crippen LogP contribution in [0.5, 0.6) is 0 Å². The van der Waals surface area contributed by atoms with Gasteiger partial charge in [0, 0.05) is 11.9 Å². The van der Waals surface area contributed by atoms with Gasteiger partial charge in [0.1, 0.15) is 6.54 Å². The summed E-state index contributed by atoms with van der Waals surface area (Å²) in [6.45, 7) is -0.227. The van der Waals surface area contributed by atoms with Gasteiger partial charge in [-0.15, -0.1) is 11.3 Å². The average Bonchev–Trinajstić information content (AvgIpc) is 2.74. The molecule has 0 aromatic carbocycles. The summed E-state index contributed by atoms with van der Waals surface area (Å²) in [5, 5.41) is 10.7. The molecule has 1 aliphatic carbocycles. The number of fused-ring (bicyclic) bond motifs is 1. The third-order valence-electron chi connectivity index (χ3n) is 3.10. The van der Waals surface area contributed by atoms with Crippen molar-refractivity contribution in [2.45, 2.75) is 25.2 Å². The number of thiophene rings is 1. The lowest BCUT2D eigenvalue weighted by atomic mass is 9.87. The second kappa shape index (κ2) is 4.87. The number of carboxylic acids is 1.